The number of rotatable bonds is 4. The highest BCUT2D eigenvalue weighted by Gasteiger charge is 2.77. The number of halogens is 2. The van der Waals surface area contributed by atoms with E-state index in [-0.39, 0.29) is 31.4 Å². The summed E-state index contributed by atoms with van der Waals surface area (Å²) in [6.45, 7) is 6.52. The van der Waals surface area contributed by atoms with E-state index in [0.717, 1.165) is 6.08 Å². The van der Waals surface area contributed by atoms with Crippen molar-refractivity contribution in [2.75, 3.05) is 6.61 Å². The van der Waals surface area contributed by atoms with Crippen LogP contribution in [0.1, 0.15) is 47.0 Å². The molecule has 4 aliphatic rings. The second-order valence-electron chi connectivity index (χ2n) is 10.6. The van der Waals surface area contributed by atoms with Crippen LogP contribution >= 0.6 is 0 Å². The van der Waals surface area contributed by atoms with Crippen LogP contribution in [0.5, 0.6) is 0 Å². The van der Waals surface area contributed by atoms with Crippen molar-refractivity contribution in [2.24, 2.45) is 28.6 Å². The van der Waals surface area contributed by atoms with Gasteiger partial charge in [0, 0.05) is 23.4 Å². The summed E-state index contributed by atoms with van der Waals surface area (Å²) in [5.74, 6) is -3.51. The second kappa shape index (κ2) is 7.53. The molecule has 3 saturated carbocycles. The molecule has 0 aromatic carbocycles. The average Bonchev–Trinajstić information content (AvgIpc) is 2.96. The number of aliphatic hydroxyl groups excluding tert-OH is 1. The number of allylic oxidation sites excluding steroid dienone is 4. The van der Waals surface area contributed by atoms with Crippen LogP contribution in [-0.4, -0.2) is 58.0 Å². The maximum Gasteiger partial charge on any atom is 0.208 e. The molecule has 6 nitrogen and oxygen atoms in total. The van der Waals surface area contributed by atoms with Gasteiger partial charge < -0.3 is 14.9 Å². The molecule has 0 aromatic rings. The number of nitrogens with zero attached hydrogens (tertiary/aromatic N) is 1. The van der Waals surface area contributed by atoms with Gasteiger partial charge in [-0.1, -0.05) is 19.9 Å². The molecule has 4 rings (SSSR count). The van der Waals surface area contributed by atoms with E-state index < -0.39 is 69.8 Å². The third-order valence-electron chi connectivity index (χ3n) is 9.27. The van der Waals surface area contributed by atoms with Crippen molar-refractivity contribution in [1.82, 2.24) is 0 Å². The number of Topliss-reactive ketones (excluding diaryl/α,β-unsaturated/α-hetero) is 1. The monoisotopic (exact) mass is 463 g/mol. The third kappa shape index (κ3) is 2.79. The predicted octanol–water partition coefficient (Wildman–Crippen LogP) is 2.78. The molecular weight excluding hydrogens is 432 g/mol. The molecule has 180 valence electrons. The molecule has 0 spiro atoms. The maximum atomic E-state index is 17.1. The van der Waals surface area contributed by atoms with Crippen molar-refractivity contribution in [1.29, 1.82) is 5.26 Å². The largest absolute Gasteiger partial charge is 0.390 e. The number of ether oxygens (including phenoxy) is 1. The van der Waals surface area contributed by atoms with Crippen molar-refractivity contribution in [3.05, 3.63) is 23.8 Å². The Labute approximate surface area is 192 Å². The number of carbonyl (C=O) groups excluding carboxylic acids is 2. The zero-order valence-corrected chi connectivity index (χ0v) is 19.3. The molecule has 2 N–H and O–H groups in total. The first-order chi connectivity index (χ1) is 15.3. The van der Waals surface area contributed by atoms with Gasteiger partial charge in [0.2, 0.25) is 11.9 Å². The van der Waals surface area contributed by atoms with Crippen LogP contribution in [0.25, 0.3) is 0 Å². The molecular formula is C25H31F2NO5. The van der Waals surface area contributed by atoms with E-state index in [1.54, 1.807) is 26.8 Å². The van der Waals surface area contributed by atoms with Gasteiger partial charge >= 0.3 is 0 Å². The standard InChI is InChI=1S/C25H31F2NO5/c1-5-33-19(12-28)21(31)25(32)13(2)8-15-16-10-18(26)17-9-14(29)6-7-22(17,3)24(16,27)20(30)11-23(15,25)4/h6-7,9,13,15-16,18-20,30,32H,5,8,10-11H2,1-4H3/t13-,15+,16+,18+,19?,20+,22+,23+,24+,25+/m1/s1. The van der Waals surface area contributed by atoms with E-state index in [2.05, 4.69) is 0 Å². The Bertz CT molecular complexity index is 990. The maximum absolute atomic E-state index is 17.1. The van der Waals surface area contributed by atoms with Crippen molar-refractivity contribution < 1.29 is 33.3 Å². The van der Waals surface area contributed by atoms with Crippen molar-refractivity contribution in [3.63, 3.8) is 0 Å². The molecule has 0 heterocycles. The first-order valence-electron chi connectivity index (χ1n) is 11.6. The zero-order chi connectivity index (χ0) is 24.6. The van der Waals surface area contributed by atoms with Gasteiger partial charge in [-0.25, -0.2) is 8.78 Å². The van der Waals surface area contributed by atoms with Crippen molar-refractivity contribution in [3.8, 4) is 6.07 Å². The number of fused-ring (bicyclic) bond motifs is 5. The van der Waals surface area contributed by atoms with Gasteiger partial charge in [-0.05, 0) is 62.7 Å². The first-order valence-corrected chi connectivity index (χ1v) is 11.6. The van der Waals surface area contributed by atoms with Gasteiger partial charge in [-0.2, -0.15) is 5.26 Å². The Hall–Kier alpha value is -1.95. The molecule has 1 unspecified atom stereocenters. The third-order valence-corrected chi connectivity index (χ3v) is 9.27. The minimum Gasteiger partial charge on any atom is -0.390 e. The molecule has 0 amide bonds. The number of alkyl halides is 2. The van der Waals surface area contributed by atoms with Crippen molar-refractivity contribution in [2.45, 2.75) is 76.6 Å². The molecule has 33 heavy (non-hydrogen) atoms. The summed E-state index contributed by atoms with van der Waals surface area (Å²) >= 11 is 0. The molecule has 0 aromatic heterocycles. The molecule has 4 aliphatic carbocycles. The Balaban J connectivity index is 1.82. The highest BCUT2D eigenvalue weighted by Crippen LogP contribution is 2.71. The second-order valence-corrected chi connectivity index (χ2v) is 10.6. The van der Waals surface area contributed by atoms with Gasteiger partial charge in [0.15, 0.2) is 11.5 Å². The van der Waals surface area contributed by atoms with Crippen LogP contribution < -0.4 is 0 Å². The van der Waals surface area contributed by atoms with Gasteiger partial charge in [0.1, 0.15) is 17.8 Å². The quantitative estimate of drug-likeness (QED) is 0.664. The molecule has 0 aliphatic heterocycles. The predicted molar refractivity (Wildman–Crippen MR) is 114 cm³/mol. The first kappa shape index (κ1) is 24.2. The summed E-state index contributed by atoms with van der Waals surface area (Å²) in [6, 6.07) is 1.79. The normalized spacial score (nSPS) is 49.4. The highest BCUT2D eigenvalue weighted by molar-refractivity contribution is 6.01. The Morgan fingerprint density at radius 3 is 2.64 bits per heavy atom. The summed E-state index contributed by atoms with van der Waals surface area (Å²) in [4.78, 5) is 25.3. The van der Waals surface area contributed by atoms with Crippen LogP contribution in [0.3, 0.4) is 0 Å². The lowest BCUT2D eigenvalue weighted by molar-refractivity contribution is -0.225. The molecule has 10 atom stereocenters. The summed E-state index contributed by atoms with van der Waals surface area (Å²) in [5, 5.41) is 32.6. The van der Waals surface area contributed by atoms with Gasteiger partial charge in [-0.15, -0.1) is 0 Å². The molecule has 0 radical (unpaired) electrons. The van der Waals surface area contributed by atoms with E-state index in [1.807, 2.05) is 0 Å². The minimum absolute atomic E-state index is 0.0228. The molecule has 3 fully saturated rings. The van der Waals surface area contributed by atoms with Gasteiger partial charge in [-0.3, -0.25) is 9.59 Å². The molecule has 8 heteroatoms. The van der Waals surface area contributed by atoms with E-state index in [0.29, 0.717) is 0 Å². The Morgan fingerprint density at radius 1 is 1.36 bits per heavy atom. The smallest absolute Gasteiger partial charge is 0.208 e. The zero-order valence-electron chi connectivity index (χ0n) is 19.3. The number of hydrogen-bond acceptors (Lipinski definition) is 6. The van der Waals surface area contributed by atoms with Crippen LogP contribution in [0.15, 0.2) is 23.8 Å². The Morgan fingerprint density at radius 2 is 2.03 bits per heavy atom. The van der Waals surface area contributed by atoms with E-state index in [4.69, 9.17) is 4.74 Å². The topological polar surface area (TPSA) is 108 Å². The van der Waals surface area contributed by atoms with Crippen molar-refractivity contribution >= 4 is 11.6 Å². The lowest BCUT2D eigenvalue weighted by Crippen LogP contribution is -2.71. The number of hydrogen-bond donors (Lipinski definition) is 2. The Kier molecular flexibility index (Phi) is 5.51. The number of ketones is 2. The fourth-order valence-corrected chi connectivity index (χ4v) is 7.60. The minimum atomic E-state index is -2.29. The van der Waals surface area contributed by atoms with E-state index in [1.165, 1.54) is 19.1 Å². The number of aliphatic hydroxyl groups is 2. The average molecular weight is 464 g/mol. The number of carbonyl (C=O) groups is 2. The lowest BCUT2D eigenvalue weighted by Gasteiger charge is -2.63. The highest BCUT2D eigenvalue weighted by atomic mass is 19.1. The van der Waals surface area contributed by atoms with Crippen LogP contribution in [0.2, 0.25) is 0 Å². The summed E-state index contributed by atoms with van der Waals surface area (Å²) in [6.07, 6.45) is -1.31. The van der Waals surface area contributed by atoms with E-state index in [9.17, 15) is 25.1 Å². The van der Waals surface area contributed by atoms with Crippen LogP contribution in [0, 0.1) is 39.9 Å². The lowest BCUT2D eigenvalue weighted by atomic mass is 9.44. The van der Waals surface area contributed by atoms with Gasteiger partial charge in [0.05, 0.1) is 6.10 Å². The summed E-state index contributed by atoms with van der Waals surface area (Å²) in [7, 11) is 0. The van der Waals surface area contributed by atoms with Crippen LogP contribution in [0.4, 0.5) is 8.78 Å². The van der Waals surface area contributed by atoms with E-state index >= 15 is 8.78 Å². The SMILES string of the molecule is CCOC(C#N)C(=O)[C@@]1(O)[C@H](C)C[C@H]2[C@@H]3C[C@H](F)C4=CC(=O)C=C[C@]4(C)[C@@]3(F)[C@@H](O)C[C@@]21C. The fraction of sp³-hybridized carbons (Fsp3) is 0.720. The van der Waals surface area contributed by atoms with Crippen LogP contribution in [-0.2, 0) is 14.3 Å². The number of nitriles is 1. The fourth-order valence-electron chi connectivity index (χ4n) is 7.60. The molecule has 0 saturated heterocycles. The summed E-state index contributed by atoms with van der Waals surface area (Å²) in [5.41, 5.74) is -7.13. The molecule has 0 bridgehead atoms. The van der Waals surface area contributed by atoms with Gasteiger partial charge in [0.25, 0.3) is 0 Å². The summed E-state index contributed by atoms with van der Waals surface area (Å²) < 4.78 is 37.8.